The summed E-state index contributed by atoms with van der Waals surface area (Å²) in [5, 5.41) is 2.29. The molecule has 1 N–H and O–H groups in total. The molecule has 0 radical (unpaired) electrons. The molecule has 6 rings (SSSR count). The summed E-state index contributed by atoms with van der Waals surface area (Å²) in [6.45, 7) is 5.52. The lowest BCUT2D eigenvalue weighted by molar-refractivity contribution is -0.136. The molecule has 0 aliphatic carbocycles. The summed E-state index contributed by atoms with van der Waals surface area (Å²) in [5.74, 6) is -1.86. The summed E-state index contributed by atoms with van der Waals surface area (Å²) in [6, 6.07) is 24.1. The van der Waals surface area contributed by atoms with Crippen LogP contribution in [-0.4, -0.2) is 64.1 Å². The van der Waals surface area contributed by atoms with Crippen molar-refractivity contribution in [2.75, 3.05) is 19.6 Å². The molecule has 3 aliphatic heterocycles. The van der Waals surface area contributed by atoms with Crippen molar-refractivity contribution in [3.63, 3.8) is 0 Å². The molecule has 2 fully saturated rings. The Balaban J connectivity index is 1.16. The quantitative estimate of drug-likeness (QED) is 0.481. The van der Waals surface area contributed by atoms with Crippen LogP contribution in [0, 0.1) is 5.82 Å². The zero-order valence-electron chi connectivity index (χ0n) is 22.6. The summed E-state index contributed by atoms with van der Waals surface area (Å²) >= 11 is 0. The minimum Gasteiger partial charge on any atom is -0.322 e. The number of nitrogens with one attached hydrogen (secondary N) is 1. The lowest BCUT2D eigenvalue weighted by Crippen LogP contribution is -2.52. The largest absolute Gasteiger partial charge is 0.322 e. The fourth-order valence-corrected chi connectivity index (χ4v) is 6.42. The average molecular weight is 541 g/mol. The summed E-state index contributed by atoms with van der Waals surface area (Å²) in [6.07, 6.45) is 0.428. The van der Waals surface area contributed by atoms with Crippen molar-refractivity contribution in [2.24, 2.45) is 0 Å². The Labute approximate surface area is 233 Å². The van der Waals surface area contributed by atoms with Crippen LogP contribution in [0.1, 0.15) is 58.4 Å². The third kappa shape index (κ3) is 5.05. The highest BCUT2D eigenvalue weighted by atomic mass is 19.1. The van der Waals surface area contributed by atoms with Crippen LogP contribution < -0.4 is 5.32 Å². The Morgan fingerprint density at radius 2 is 1.62 bits per heavy atom. The summed E-state index contributed by atoms with van der Waals surface area (Å²) < 4.78 is 15.3. The van der Waals surface area contributed by atoms with E-state index >= 15 is 4.39 Å². The first-order valence-corrected chi connectivity index (χ1v) is 13.9. The van der Waals surface area contributed by atoms with Crippen LogP contribution in [0.4, 0.5) is 4.39 Å². The van der Waals surface area contributed by atoms with Crippen molar-refractivity contribution in [3.8, 4) is 0 Å². The Kier molecular flexibility index (Phi) is 7.21. The van der Waals surface area contributed by atoms with Crippen LogP contribution in [0.25, 0.3) is 0 Å². The van der Waals surface area contributed by atoms with Crippen LogP contribution >= 0.6 is 0 Å². The van der Waals surface area contributed by atoms with Crippen molar-refractivity contribution in [2.45, 2.75) is 51.0 Å². The van der Waals surface area contributed by atoms with E-state index < -0.39 is 23.7 Å². The molecule has 3 amide bonds. The van der Waals surface area contributed by atoms with Gasteiger partial charge < -0.3 is 4.90 Å². The maximum atomic E-state index is 15.3. The molecule has 0 aromatic heterocycles. The standard InChI is InChI=1S/C32H33FN4O3/c1-21-18-36(30(23-8-4-2-5-9-23)24-10-6-3-7-11-24)15-14-35(21)19-22-16-25-20-37(32(40)29(25)26(33)17-22)27-12-13-28(38)34-31(27)39/h2-11,16-17,21,27,30H,12-15,18-20H2,1H3,(H,34,38,39)/t21-,27?/m1/s1. The fraction of sp³-hybridized carbons (Fsp3) is 0.344. The van der Waals surface area contributed by atoms with Gasteiger partial charge in [-0.05, 0) is 41.7 Å². The van der Waals surface area contributed by atoms with Gasteiger partial charge in [-0.3, -0.25) is 29.5 Å². The molecule has 0 bridgehead atoms. The van der Waals surface area contributed by atoms with Gasteiger partial charge in [0.1, 0.15) is 11.9 Å². The van der Waals surface area contributed by atoms with E-state index in [0.29, 0.717) is 12.1 Å². The smallest absolute Gasteiger partial charge is 0.258 e. The second kappa shape index (κ2) is 10.9. The Morgan fingerprint density at radius 3 is 2.25 bits per heavy atom. The Hall–Kier alpha value is -3.88. The minimum atomic E-state index is -0.754. The first kappa shape index (κ1) is 26.3. The molecule has 2 atom stereocenters. The van der Waals surface area contributed by atoms with E-state index in [1.54, 1.807) is 0 Å². The number of carbonyl (C=O) groups is 3. The fourth-order valence-electron chi connectivity index (χ4n) is 6.42. The van der Waals surface area contributed by atoms with E-state index in [2.05, 4.69) is 70.6 Å². The maximum Gasteiger partial charge on any atom is 0.258 e. The lowest BCUT2D eigenvalue weighted by atomic mass is 9.95. The van der Waals surface area contributed by atoms with E-state index in [1.807, 2.05) is 18.2 Å². The highest BCUT2D eigenvalue weighted by molar-refractivity contribution is 6.05. The van der Waals surface area contributed by atoms with Crippen molar-refractivity contribution >= 4 is 17.7 Å². The molecule has 3 heterocycles. The zero-order chi connectivity index (χ0) is 27.8. The van der Waals surface area contributed by atoms with Crippen LogP contribution in [0.3, 0.4) is 0 Å². The van der Waals surface area contributed by atoms with Crippen LogP contribution in [0.5, 0.6) is 0 Å². The third-order valence-electron chi connectivity index (χ3n) is 8.41. The van der Waals surface area contributed by atoms with Crippen molar-refractivity contribution in [1.29, 1.82) is 0 Å². The highest BCUT2D eigenvalue weighted by Gasteiger charge is 2.41. The van der Waals surface area contributed by atoms with Gasteiger partial charge in [0, 0.05) is 45.2 Å². The number of hydrogen-bond donors (Lipinski definition) is 1. The second-order valence-electron chi connectivity index (χ2n) is 11.1. The second-order valence-corrected chi connectivity index (χ2v) is 11.1. The molecule has 3 aliphatic rings. The van der Waals surface area contributed by atoms with E-state index in [0.717, 1.165) is 25.2 Å². The maximum absolute atomic E-state index is 15.3. The van der Waals surface area contributed by atoms with Gasteiger partial charge in [-0.1, -0.05) is 66.7 Å². The molecule has 3 aromatic carbocycles. The molecule has 2 saturated heterocycles. The number of rotatable bonds is 6. The van der Waals surface area contributed by atoms with Gasteiger partial charge in [-0.25, -0.2) is 4.39 Å². The van der Waals surface area contributed by atoms with E-state index in [-0.39, 0.29) is 42.9 Å². The number of piperazine rings is 1. The zero-order valence-corrected chi connectivity index (χ0v) is 22.6. The van der Waals surface area contributed by atoms with Gasteiger partial charge in [0.2, 0.25) is 11.8 Å². The molecule has 1 unspecified atom stereocenters. The number of benzene rings is 3. The molecular formula is C32H33FN4O3. The molecule has 8 heteroatoms. The number of fused-ring (bicyclic) bond motifs is 1. The van der Waals surface area contributed by atoms with Crippen LogP contribution in [0.2, 0.25) is 0 Å². The first-order chi connectivity index (χ1) is 19.4. The van der Waals surface area contributed by atoms with Gasteiger partial charge in [-0.15, -0.1) is 0 Å². The van der Waals surface area contributed by atoms with Gasteiger partial charge in [-0.2, -0.15) is 0 Å². The van der Waals surface area contributed by atoms with E-state index in [9.17, 15) is 14.4 Å². The molecule has 3 aromatic rings. The topological polar surface area (TPSA) is 73.0 Å². The average Bonchev–Trinajstić information content (AvgIpc) is 3.27. The number of nitrogens with zero attached hydrogens (tertiary/aromatic N) is 3. The molecule has 7 nitrogen and oxygen atoms in total. The number of piperidine rings is 1. The molecule has 0 saturated carbocycles. The molecule has 0 spiro atoms. The first-order valence-electron chi connectivity index (χ1n) is 13.9. The predicted octanol–water partition coefficient (Wildman–Crippen LogP) is 3.88. The Bertz CT molecular complexity index is 1390. The third-order valence-corrected chi connectivity index (χ3v) is 8.41. The van der Waals surface area contributed by atoms with E-state index in [4.69, 9.17) is 0 Å². The Morgan fingerprint density at radius 1 is 0.950 bits per heavy atom. The van der Waals surface area contributed by atoms with Crippen molar-refractivity contribution < 1.29 is 18.8 Å². The molecule has 40 heavy (non-hydrogen) atoms. The van der Waals surface area contributed by atoms with E-state index in [1.165, 1.54) is 22.1 Å². The van der Waals surface area contributed by atoms with Gasteiger partial charge in [0.15, 0.2) is 0 Å². The minimum absolute atomic E-state index is 0.0416. The number of amides is 3. The van der Waals surface area contributed by atoms with Crippen molar-refractivity contribution in [3.05, 3.63) is 106 Å². The number of halogens is 1. The van der Waals surface area contributed by atoms with Gasteiger partial charge in [0.25, 0.3) is 5.91 Å². The normalized spacial score (nSPS) is 22.1. The SMILES string of the molecule is C[C@@H]1CN(C(c2ccccc2)c2ccccc2)CCN1Cc1cc(F)c2c(c1)CN(C1CCC(=O)NC1=O)C2=O. The van der Waals surface area contributed by atoms with Crippen molar-refractivity contribution in [1.82, 2.24) is 20.0 Å². The number of carbonyl (C=O) groups excluding carboxylic acids is 3. The van der Waals surface area contributed by atoms with Crippen LogP contribution in [0.15, 0.2) is 72.8 Å². The number of hydrogen-bond acceptors (Lipinski definition) is 5. The molecule has 206 valence electrons. The predicted molar refractivity (Wildman–Crippen MR) is 149 cm³/mol. The van der Waals surface area contributed by atoms with Gasteiger partial charge >= 0.3 is 0 Å². The summed E-state index contributed by atoms with van der Waals surface area (Å²) in [4.78, 5) is 43.2. The number of imide groups is 1. The van der Waals surface area contributed by atoms with Gasteiger partial charge in [0.05, 0.1) is 11.6 Å². The van der Waals surface area contributed by atoms with Crippen LogP contribution in [-0.2, 0) is 22.7 Å². The lowest BCUT2D eigenvalue weighted by Gasteiger charge is -2.43. The summed E-state index contributed by atoms with van der Waals surface area (Å²) in [7, 11) is 0. The summed E-state index contributed by atoms with van der Waals surface area (Å²) in [5.41, 5.74) is 3.99. The molecular weight excluding hydrogens is 507 g/mol. The highest BCUT2D eigenvalue weighted by Crippen LogP contribution is 2.33. The monoisotopic (exact) mass is 540 g/mol.